The molecule has 0 radical (unpaired) electrons. The maximum atomic E-state index is 11.8. The van der Waals surface area contributed by atoms with Crippen LogP contribution in [0.15, 0.2) is 29.3 Å². The molecule has 0 fully saturated rings. The largest absolute Gasteiger partial charge is 0.497 e. The Labute approximate surface area is 155 Å². The first-order valence-corrected chi connectivity index (χ1v) is 7.22. The van der Waals surface area contributed by atoms with Crippen LogP contribution in [-0.2, 0) is 11.3 Å². The second-order valence-corrected chi connectivity index (χ2v) is 5.59. The molecule has 0 saturated carbocycles. The first-order chi connectivity index (χ1) is 10.4. The van der Waals surface area contributed by atoms with Gasteiger partial charge in [0.25, 0.3) is 0 Å². The lowest BCUT2D eigenvalue weighted by Crippen LogP contribution is -2.47. The van der Waals surface area contributed by atoms with Gasteiger partial charge in [-0.3, -0.25) is 9.79 Å². The third kappa shape index (κ3) is 7.06. The monoisotopic (exact) mass is 434 g/mol. The molecule has 7 heteroatoms. The zero-order valence-electron chi connectivity index (χ0n) is 14.4. The van der Waals surface area contributed by atoms with E-state index in [-0.39, 0.29) is 29.9 Å². The zero-order valence-corrected chi connectivity index (χ0v) is 16.7. The van der Waals surface area contributed by atoms with E-state index in [1.54, 1.807) is 21.2 Å². The Morgan fingerprint density at radius 1 is 1.30 bits per heavy atom. The lowest BCUT2D eigenvalue weighted by molar-refractivity contribution is -0.128. The topological polar surface area (TPSA) is 74.8 Å². The van der Waals surface area contributed by atoms with E-state index in [2.05, 4.69) is 20.9 Å². The van der Waals surface area contributed by atoms with Gasteiger partial charge in [0.1, 0.15) is 5.75 Å². The van der Waals surface area contributed by atoms with Gasteiger partial charge in [0.15, 0.2) is 5.96 Å². The fourth-order valence-electron chi connectivity index (χ4n) is 1.91. The van der Waals surface area contributed by atoms with Gasteiger partial charge in [0, 0.05) is 27.2 Å². The molecule has 0 aliphatic heterocycles. The van der Waals surface area contributed by atoms with E-state index in [4.69, 9.17) is 4.74 Å². The van der Waals surface area contributed by atoms with E-state index in [0.717, 1.165) is 11.3 Å². The van der Waals surface area contributed by atoms with Crippen LogP contribution in [0.25, 0.3) is 0 Å². The summed E-state index contributed by atoms with van der Waals surface area (Å²) >= 11 is 0. The predicted octanol–water partition coefficient (Wildman–Crippen LogP) is 1.75. The van der Waals surface area contributed by atoms with Gasteiger partial charge in [-0.1, -0.05) is 12.1 Å². The van der Waals surface area contributed by atoms with E-state index < -0.39 is 5.41 Å². The summed E-state index contributed by atoms with van der Waals surface area (Å²) in [6.07, 6.45) is 0. The van der Waals surface area contributed by atoms with Crippen LogP contribution in [-0.4, -0.2) is 39.6 Å². The highest BCUT2D eigenvalue weighted by atomic mass is 127. The highest BCUT2D eigenvalue weighted by molar-refractivity contribution is 14.0. The first-order valence-electron chi connectivity index (χ1n) is 7.22. The molecular formula is C16H27IN4O2. The summed E-state index contributed by atoms with van der Waals surface area (Å²) in [6.45, 7) is 4.88. The van der Waals surface area contributed by atoms with Crippen LogP contribution in [0, 0.1) is 5.41 Å². The fraction of sp³-hybridized carbons (Fsp3) is 0.500. The van der Waals surface area contributed by atoms with Gasteiger partial charge >= 0.3 is 0 Å². The van der Waals surface area contributed by atoms with Crippen molar-refractivity contribution in [1.29, 1.82) is 0 Å². The van der Waals surface area contributed by atoms with Gasteiger partial charge in [-0.05, 0) is 31.5 Å². The van der Waals surface area contributed by atoms with Crippen LogP contribution in [0.3, 0.4) is 0 Å². The summed E-state index contributed by atoms with van der Waals surface area (Å²) in [6, 6.07) is 7.83. The summed E-state index contributed by atoms with van der Waals surface area (Å²) in [7, 11) is 4.99. The minimum atomic E-state index is -0.512. The van der Waals surface area contributed by atoms with Gasteiger partial charge in [0.05, 0.1) is 12.5 Å². The molecule has 0 unspecified atom stereocenters. The summed E-state index contributed by atoms with van der Waals surface area (Å²) in [5.41, 5.74) is 0.579. The van der Waals surface area contributed by atoms with Crippen molar-refractivity contribution in [2.24, 2.45) is 10.4 Å². The maximum absolute atomic E-state index is 11.8. The number of nitrogens with zero attached hydrogens (tertiary/aromatic N) is 1. The van der Waals surface area contributed by atoms with Crippen molar-refractivity contribution in [2.45, 2.75) is 20.4 Å². The number of carbonyl (C=O) groups excluding carboxylic acids is 1. The number of ether oxygens (including phenoxy) is 1. The third-order valence-corrected chi connectivity index (χ3v) is 3.36. The van der Waals surface area contributed by atoms with E-state index in [0.29, 0.717) is 19.0 Å². The van der Waals surface area contributed by atoms with Crippen molar-refractivity contribution >= 4 is 35.8 Å². The molecule has 1 rings (SSSR count). The minimum Gasteiger partial charge on any atom is -0.497 e. The molecule has 0 bridgehead atoms. The van der Waals surface area contributed by atoms with Gasteiger partial charge in [0.2, 0.25) is 5.91 Å². The number of hydrogen-bond acceptors (Lipinski definition) is 3. The van der Waals surface area contributed by atoms with Gasteiger partial charge < -0.3 is 20.7 Å². The van der Waals surface area contributed by atoms with Crippen molar-refractivity contribution in [3.63, 3.8) is 0 Å². The molecule has 1 aromatic carbocycles. The minimum absolute atomic E-state index is 0. The second-order valence-electron chi connectivity index (χ2n) is 5.59. The van der Waals surface area contributed by atoms with Crippen LogP contribution >= 0.6 is 24.0 Å². The summed E-state index contributed by atoms with van der Waals surface area (Å²) < 4.78 is 5.20. The van der Waals surface area contributed by atoms with Crippen molar-refractivity contribution in [1.82, 2.24) is 16.0 Å². The number of halogens is 1. The molecule has 130 valence electrons. The Morgan fingerprint density at radius 3 is 2.57 bits per heavy atom. The van der Waals surface area contributed by atoms with Crippen LogP contribution in [0.1, 0.15) is 19.4 Å². The molecule has 0 saturated heterocycles. The molecule has 1 amide bonds. The zero-order chi connectivity index (χ0) is 16.6. The number of hydrogen-bond donors (Lipinski definition) is 3. The third-order valence-electron chi connectivity index (χ3n) is 3.36. The highest BCUT2D eigenvalue weighted by Crippen LogP contribution is 2.13. The molecule has 3 N–H and O–H groups in total. The summed E-state index contributed by atoms with van der Waals surface area (Å²) in [5, 5.41) is 9.05. The number of rotatable bonds is 6. The first kappa shape index (κ1) is 21.5. The van der Waals surface area contributed by atoms with Gasteiger partial charge in [-0.2, -0.15) is 0 Å². The number of aliphatic imine (C=N–C) groups is 1. The fourth-order valence-corrected chi connectivity index (χ4v) is 1.91. The van der Waals surface area contributed by atoms with Crippen LogP contribution < -0.4 is 20.7 Å². The lowest BCUT2D eigenvalue weighted by Gasteiger charge is -2.24. The number of benzene rings is 1. The average Bonchev–Trinajstić information content (AvgIpc) is 2.54. The number of amides is 1. The molecule has 0 aliphatic carbocycles. The van der Waals surface area contributed by atoms with Crippen molar-refractivity contribution in [3.05, 3.63) is 29.8 Å². The average molecular weight is 434 g/mol. The Kier molecular flexibility index (Phi) is 9.62. The van der Waals surface area contributed by atoms with Crippen LogP contribution in [0.5, 0.6) is 5.75 Å². The highest BCUT2D eigenvalue weighted by Gasteiger charge is 2.26. The number of carbonyl (C=O) groups is 1. The molecule has 0 atom stereocenters. The Bertz CT molecular complexity index is 533. The SMILES string of the molecule is CN=C(NCc1cccc(OC)c1)NCC(C)(C)C(=O)NC.I. The number of guanidine groups is 1. The second kappa shape index (κ2) is 10.3. The summed E-state index contributed by atoms with van der Waals surface area (Å²) in [4.78, 5) is 15.9. The smallest absolute Gasteiger partial charge is 0.227 e. The maximum Gasteiger partial charge on any atom is 0.227 e. The van der Waals surface area contributed by atoms with E-state index in [1.165, 1.54) is 0 Å². The van der Waals surface area contributed by atoms with E-state index in [9.17, 15) is 4.79 Å². The van der Waals surface area contributed by atoms with Crippen molar-refractivity contribution < 1.29 is 9.53 Å². The van der Waals surface area contributed by atoms with Crippen molar-refractivity contribution in [3.8, 4) is 5.75 Å². The standard InChI is InChI=1S/C16H26N4O2.HI/c1-16(2,14(21)17-3)11-20-15(18-4)19-10-12-7-6-8-13(9-12)22-5;/h6-9H,10-11H2,1-5H3,(H,17,21)(H2,18,19,20);1H. The lowest BCUT2D eigenvalue weighted by atomic mass is 9.92. The Morgan fingerprint density at radius 2 is 2.00 bits per heavy atom. The van der Waals surface area contributed by atoms with E-state index in [1.807, 2.05) is 38.1 Å². The van der Waals surface area contributed by atoms with Crippen LogP contribution in [0.4, 0.5) is 0 Å². The molecule has 23 heavy (non-hydrogen) atoms. The van der Waals surface area contributed by atoms with Gasteiger partial charge in [-0.25, -0.2) is 0 Å². The summed E-state index contributed by atoms with van der Waals surface area (Å²) in [5.74, 6) is 1.46. The quantitative estimate of drug-likeness (QED) is 0.363. The molecule has 0 spiro atoms. The molecule has 0 aliphatic rings. The van der Waals surface area contributed by atoms with Gasteiger partial charge in [-0.15, -0.1) is 24.0 Å². The molecule has 1 aromatic rings. The Balaban J connectivity index is 0.00000484. The van der Waals surface area contributed by atoms with E-state index >= 15 is 0 Å². The predicted molar refractivity (Wildman–Crippen MR) is 104 cm³/mol. The molecule has 0 aromatic heterocycles. The molecular weight excluding hydrogens is 407 g/mol. The molecule has 6 nitrogen and oxygen atoms in total. The van der Waals surface area contributed by atoms with Crippen molar-refractivity contribution in [2.75, 3.05) is 27.7 Å². The number of methoxy groups -OCH3 is 1. The Hall–Kier alpha value is -1.51. The molecule has 0 heterocycles. The van der Waals surface area contributed by atoms with Crippen LogP contribution in [0.2, 0.25) is 0 Å². The normalized spacial score (nSPS) is 11.3. The number of nitrogens with one attached hydrogen (secondary N) is 3.